The molecule has 2 heterocycles. The van der Waals surface area contributed by atoms with Crippen molar-refractivity contribution in [2.24, 2.45) is 5.73 Å². The Labute approximate surface area is 129 Å². The Morgan fingerprint density at radius 2 is 2.05 bits per heavy atom. The fourth-order valence-corrected chi connectivity index (χ4v) is 2.03. The molecule has 0 radical (unpaired) electrons. The summed E-state index contributed by atoms with van der Waals surface area (Å²) in [5, 5.41) is 9.99. The molecule has 0 saturated carbocycles. The van der Waals surface area contributed by atoms with Gasteiger partial charge in [0.05, 0.1) is 6.54 Å². The SMILES string of the molecule is Cl.Cl.NC(C(=O)N1CC[C@H](F)C1)C(O)c1ccncc1. The first kappa shape index (κ1) is 19.1. The van der Waals surface area contributed by atoms with Crippen LogP contribution in [0, 0.1) is 0 Å². The molecule has 114 valence electrons. The topological polar surface area (TPSA) is 79.5 Å². The number of aromatic nitrogens is 1. The van der Waals surface area contributed by atoms with Gasteiger partial charge >= 0.3 is 0 Å². The summed E-state index contributed by atoms with van der Waals surface area (Å²) in [4.78, 5) is 17.1. The molecule has 0 bridgehead atoms. The maximum absolute atomic E-state index is 13.0. The Balaban J connectivity index is 0.00000180. The Morgan fingerprint density at radius 1 is 1.45 bits per heavy atom. The fraction of sp³-hybridized carbons (Fsp3) is 0.500. The van der Waals surface area contributed by atoms with E-state index in [1.807, 2.05) is 0 Å². The normalized spacial score (nSPS) is 20.6. The van der Waals surface area contributed by atoms with Crippen molar-refractivity contribution in [3.63, 3.8) is 0 Å². The number of pyridine rings is 1. The lowest BCUT2D eigenvalue weighted by Crippen LogP contribution is -2.46. The van der Waals surface area contributed by atoms with Crippen LogP contribution >= 0.6 is 24.8 Å². The van der Waals surface area contributed by atoms with Gasteiger partial charge in [0.1, 0.15) is 18.3 Å². The molecule has 1 aromatic rings. The van der Waals surface area contributed by atoms with Crippen LogP contribution in [0.4, 0.5) is 4.39 Å². The van der Waals surface area contributed by atoms with E-state index in [1.54, 1.807) is 12.1 Å². The molecule has 8 heteroatoms. The molecule has 1 fully saturated rings. The zero-order valence-electron chi connectivity index (χ0n) is 10.7. The Morgan fingerprint density at radius 3 is 2.55 bits per heavy atom. The molecule has 2 unspecified atom stereocenters. The lowest BCUT2D eigenvalue weighted by molar-refractivity contribution is -0.134. The molecule has 1 amide bonds. The van der Waals surface area contributed by atoms with E-state index in [2.05, 4.69) is 4.98 Å². The van der Waals surface area contributed by atoms with Crippen molar-refractivity contribution in [3.8, 4) is 0 Å². The van der Waals surface area contributed by atoms with Gasteiger partial charge < -0.3 is 15.7 Å². The third kappa shape index (κ3) is 4.28. The number of rotatable bonds is 3. The molecular formula is C12H18Cl2FN3O2. The predicted molar refractivity (Wildman–Crippen MR) is 77.8 cm³/mol. The summed E-state index contributed by atoms with van der Waals surface area (Å²) in [7, 11) is 0. The first-order valence-corrected chi connectivity index (χ1v) is 5.86. The summed E-state index contributed by atoms with van der Waals surface area (Å²) in [5.74, 6) is -0.417. The molecule has 1 saturated heterocycles. The Kier molecular flexibility index (Phi) is 7.96. The minimum absolute atomic E-state index is 0. The number of carbonyl (C=O) groups is 1. The van der Waals surface area contributed by atoms with E-state index in [0.717, 1.165) is 0 Å². The molecule has 0 spiro atoms. The summed E-state index contributed by atoms with van der Waals surface area (Å²) in [6.45, 7) is 0.423. The third-order valence-corrected chi connectivity index (χ3v) is 3.12. The number of nitrogens with zero attached hydrogens (tertiary/aromatic N) is 2. The van der Waals surface area contributed by atoms with Gasteiger partial charge in [-0.1, -0.05) is 0 Å². The highest BCUT2D eigenvalue weighted by atomic mass is 35.5. The van der Waals surface area contributed by atoms with Crippen molar-refractivity contribution in [2.75, 3.05) is 13.1 Å². The molecule has 3 atom stereocenters. The number of carbonyl (C=O) groups excluding carboxylic acids is 1. The van der Waals surface area contributed by atoms with Gasteiger partial charge in [0, 0.05) is 18.9 Å². The van der Waals surface area contributed by atoms with Crippen LogP contribution in [-0.2, 0) is 4.79 Å². The van der Waals surface area contributed by atoms with Crippen molar-refractivity contribution >= 4 is 30.7 Å². The van der Waals surface area contributed by atoms with Gasteiger partial charge in [-0.2, -0.15) is 0 Å². The third-order valence-electron chi connectivity index (χ3n) is 3.12. The fourth-order valence-electron chi connectivity index (χ4n) is 2.03. The van der Waals surface area contributed by atoms with Gasteiger partial charge in [0.15, 0.2) is 0 Å². The maximum Gasteiger partial charge on any atom is 0.242 e. The number of nitrogens with two attached hydrogens (primary N) is 1. The predicted octanol–water partition coefficient (Wildman–Crippen LogP) is 0.856. The van der Waals surface area contributed by atoms with Crippen LogP contribution in [-0.4, -0.2) is 46.2 Å². The van der Waals surface area contributed by atoms with E-state index in [9.17, 15) is 14.3 Å². The molecule has 1 aliphatic rings. The molecule has 20 heavy (non-hydrogen) atoms. The number of aliphatic hydroxyl groups is 1. The van der Waals surface area contributed by atoms with Gasteiger partial charge in [0.25, 0.3) is 0 Å². The summed E-state index contributed by atoms with van der Waals surface area (Å²) in [6.07, 6.45) is 1.29. The number of alkyl halides is 1. The largest absolute Gasteiger partial charge is 0.386 e. The average Bonchev–Trinajstić information content (AvgIpc) is 2.84. The molecule has 0 aliphatic carbocycles. The Hall–Kier alpha value is -0.950. The van der Waals surface area contributed by atoms with Crippen LogP contribution in [0.15, 0.2) is 24.5 Å². The van der Waals surface area contributed by atoms with E-state index in [4.69, 9.17) is 5.73 Å². The zero-order chi connectivity index (χ0) is 13.1. The van der Waals surface area contributed by atoms with Crippen molar-refractivity contribution in [1.29, 1.82) is 0 Å². The number of hydrogen-bond donors (Lipinski definition) is 2. The van der Waals surface area contributed by atoms with Gasteiger partial charge in [-0.3, -0.25) is 9.78 Å². The van der Waals surface area contributed by atoms with Crippen molar-refractivity contribution in [1.82, 2.24) is 9.88 Å². The van der Waals surface area contributed by atoms with Crippen LogP contribution in [0.25, 0.3) is 0 Å². The lowest BCUT2D eigenvalue weighted by atomic mass is 10.0. The highest BCUT2D eigenvalue weighted by Crippen LogP contribution is 2.19. The molecule has 3 N–H and O–H groups in total. The number of hydrogen-bond acceptors (Lipinski definition) is 4. The van der Waals surface area contributed by atoms with E-state index in [0.29, 0.717) is 18.5 Å². The second kappa shape index (κ2) is 8.36. The van der Waals surface area contributed by atoms with E-state index in [1.165, 1.54) is 17.3 Å². The average molecular weight is 326 g/mol. The summed E-state index contributed by atoms with van der Waals surface area (Å²) < 4.78 is 13.0. The first-order chi connectivity index (χ1) is 8.59. The second-order valence-corrected chi connectivity index (χ2v) is 4.42. The number of amides is 1. The van der Waals surface area contributed by atoms with Crippen LogP contribution in [0.1, 0.15) is 18.1 Å². The zero-order valence-corrected chi connectivity index (χ0v) is 12.3. The standard InChI is InChI=1S/C12H16FN3O2.2ClH/c13-9-3-6-16(7-9)12(18)10(14)11(17)8-1-4-15-5-2-8;;/h1-2,4-5,9-11,17H,3,6-7,14H2;2*1H/t9-,10?,11?;;/m0../s1. The van der Waals surface area contributed by atoms with E-state index >= 15 is 0 Å². The van der Waals surface area contributed by atoms with Crippen LogP contribution in [0.2, 0.25) is 0 Å². The monoisotopic (exact) mass is 325 g/mol. The minimum atomic E-state index is -1.10. The lowest BCUT2D eigenvalue weighted by Gasteiger charge is -2.23. The summed E-state index contributed by atoms with van der Waals surface area (Å²) in [5.41, 5.74) is 6.26. The number of aliphatic hydroxyl groups excluding tert-OH is 1. The van der Waals surface area contributed by atoms with Crippen molar-refractivity contribution in [3.05, 3.63) is 30.1 Å². The minimum Gasteiger partial charge on any atom is -0.386 e. The molecule has 1 aliphatic heterocycles. The molecule has 1 aromatic heterocycles. The molecule has 2 rings (SSSR count). The second-order valence-electron chi connectivity index (χ2n) is 4.42. The van der Waals surface area contributed by atoms with Gasteiger partial charge in [-0.15, -0.1) is 24.8 Å². The van der Waals surface area contributed by atoms with E-state index in [-0.39, 0.29) is 31.4 Å². The van der Waals surface area contributed by atoms with Crippen molar-refractivity contribution < 1.29 is 14.3 Å². The van der Waals surface area contributed by atoms with Crippen LogP contribution in [0.3, 0.4) is 0 Å². The van der Waals surface area contributed by atoms with Crippen molar-refractivity contribution in [2.45, 2.75) is 24.7 Å². The highest BCUT2D eigenvalue weighted by molar-refractivity contribution is 5.85. The highest BCUT2D eigenvalue weighted by Gasteiger charge is 2.32. The maximum atomic E-state index is 13.0. The van der Waals surface area contributed by atoms with Crippen LogP contribution in [0.5, 0.6) is 0 Å². The molecule has 5 nitrogen and oxygen atoms in total. The van der Waals surface area contributed by atoms with Gasteiger partial charge in [-0.05, 0) is 24.1 Å². The quantitative estimate of drug-likeness (QED) is 0.863. The number of halogens is 3. The summed E-state index contributed by atoms with van der Waals surface area (Å²) >= 11 is 0. The van der Waals surface area contributed by atoms with Gasteiger partial charge in [-0.25, -0.2) is 4.39 Å². The van der Waals surface area contributed by atoms with Gasteiger partial charge in [0.2, 0.25) is 5.91 Å². The Bertz CT molecular complexity index is 424. The first-order valence-electron chi connectivity index (χ1n) is 5.86. The molecular weight excluding hydrogens is 308 g/mol. The number of likely N-dealkylation sites (tertiary alicyclic amines) is 1. The molecule has 0 aromatic carbocycles. The van der Waals surface area contributed by atoms with Crippen LogP contribution < -0.4 is 5.73 Å². The van der Waals surface area contributed by atoms with E-state index < -0.39 is 24.2 Å². The smallest absolute Gasteiger partial charge is 0.242 e. The summed E-state index contributed by atoms with van der Waals surface area (Å²) in [6, 6.07) is 2.12.